The first kappa shape index (κ1) is 31.5. The van der Waals surface area contributed by atoms with E-state index in [0.29, 0.717) is 23.1 Å². The number of rotatable bonds is 5. The molecule has 0 fully saturated rings. The predicted molar refractivity (Wildman–Crippen MR) is 124 cm³/mol. The molecule has 11 nitrogen and oxygen atoms in total. The number of esters is 1. The van der Waals surface area contributed by atoms with E-state index in [2.05, 4.69) is 0 Å². The number of carboxylic acids is 1. The number of ether oxygens (including phenoxy) is 1. The molecule has 0 bridgehead atoms. The third kappa shape index (κ3) is 7.05. The summed E-state index contributed by atoms with van der Waals surface area (Å²) in [5, 5.41) is 46.9. The minimum atomic E-state index is -1.16. The monoisotopic (exact) mass is 496 g/mol. The fraction of sp³-hybridized carbons (Fsp3) is 0.364. The first-order valence-corrected chi connectivity index (χ1v) is 10.7. The van der Waals surface area contributed by atoms with E-state index < -0.39 is 32.4 Å². The van der Waals surface area contributed by atoms with Gasteiger partial charge in [0.1, 0.15) is 11.5 Å². The fourth-order valence-corrected chi connectivity index (χ4v) is 4.32. The van der Waals surface area contributed by atoms with E-state index in [1.54, 1.807) is 26.8 Å². The number of hydrogen-bond acceptors (Lipinski definition) is 10. The molecule has 0 aliphatic carbocycles. The van der Waals surface area contributed by atoms with Gasteiger partial charge in [-0.3, -0.25) is 9.59 Å². The fourth-order valence-electron chi connectivity index (χ4n) is 4.32. The summed E-state index contributed by atoms with van der Waals surface area (Å²) in [6.45, 7) is 5.60. The Labute approximate surface area is 220 Å². The summed E-state index contributed by atoms with van der Waals surface area (Å²) in [4.78, 5) is 22.1. The quantitative estimate of drug-likeness (QED) is 0.212. The second-order valence-electron chi connectivity index (χ2n) is 8.09. The van der Waals surface area contributed by atoms with Crippen LogP contribution in [0.5, 0.6) is 11.5 Å². The molecule has 2 aliphatic heterocycles. The Balaban J connectivity index is 0.000000343. The molecule has 2 heterocycles. The molecule has 0 unspecified atom stereocenters. The van der Waals surface area contributed by atoms with E-state index >= 15 is 0 Å². The van der Waals surface area contributed by atoms with Crippen molar-refractivity contribution in [2.24, 2.45) is 0 Å². The summed E-state index contributed by atoms with van der Waals surface area (Å²) >= 11 is 0. The van der Waals surface area contributed by atoms with Crippen molar-refractivity contribution >= 4 is 37.1 Å². The number of benzene rings is 2. The Morgan fingerprint density at radius 1 is 0.889 bits per heavy atom. The van der Waals surface area contributed by atoms with Crippen LogP contribution in [0.3, 0.4) is 0 Å². The summed E-state index contributed by atoms with van der Waals surface area (Å²) < 4.78 is 15.3. The molecule has 188 valence electrons. The molecule has 6 N–H and O–H groups in total. The van der Waals surface area contributed by atoms with E-state index in [0.717, 1.165) is 16.7 Å². The number of phenols is 2. The topological polar surface area (TPSA) is 193 Å². The molecule has 2 aromatic carbocycles. The largest absolute Gasteiger partial charge is 1.00 e. The SMILES string of the molecule is CCOC(=O)C[C@H]1OB(O)c2cc(O)cc(C)c21.Cc1cc(O)cc2c1[C@@H](CC(=O)O)OB2O.[Li+].[OH-]. The molecule has 0 amide bonds. The molecule has 4 rings (SSSR count). The van der Waals surface area contributed by atoms with Crippen LogP contribution in [-0.2, 0) is 23.6 Å². The van der Waals surface area contributed by atoms with Gasteiger partial charge in [-0.25, -0.2) is 0 Å². The van der Waals surface area contributed by atoms with Crippen molar-refractivity contribution in [2.45, 2.75) is 45.8 Å². The third-order valence-electron chi connectivity index (χ3n) is 5.59. The Hall–Kier alpha value is -2.49. The Kier molecular flexibility index (Phi) is 11.5. The van der Waals surface area contributed by atoms with Gasteiger partial charge in [-0.15, -0.1) is 0 Å². The number of aliphatic carboxylic acids is 1. The van der Waals surface area contributed by atoms with Crippen molar-refractivity contribution in [3.8, 4) is 11.5 Å². The molecule has 0 radical (unpaired) electrons. The molecule has 0 saturated carbocycles. The van der Waals surface area contributed by atoms with E-state index in [-0.39, 0.29) is 54.6 Å². The molecule has 0 aromatic heterocycles. The number of phenolic OH excluding ortho intramolecular Hbond substituents is 2. The number of fused-ring (bicyclic) bond motifs is 2. The molecular formula is C22H27B2LiO11. The molecule has 2 aliphatic rings. The van der Waals surface area contributed by atoms with Gasteiger partial charge in [-0.2, -0.15) is 0 Å². The van der Waals surface area contributed by atoms with Crippen molar-refractivity contribution in [1.82, 2.24) is 0 Å². The number of hydrogen-bond donors (Lipinski definition) is 5. The normalized spacial score (nSPS) is 17.1. The van der Waals surface area contributed by atoms with Crippen LogP contribution in [-0.4, -0.2) is 63.6 Å². The van der Waals surface area contributed by atoms with Gasteiger partial charge in [-0.1, -0.05) is 0 Å². The summed E-state index contributed by atoms with van der Waals surface area (Å²) in [5.74, 6) is -1.24. The van der Waals surface area contributed by atoms with Crippen LogP contribution in [0.4, 0.5) is 0 Å². The number of carboxylic acid groups (broad SMARTS) is 1. The Morgan fingerprint density at radius 3 is 1.69 bits per heavy atom. The van der Waals surface area contributed by atoms with Crippen molar-refractivity contribution in [3.05, 3.63) is 46.5 Å². The van der Waals surface area contributed by atoms with Crippen LogP contribution in [0.25, 0.3) is 0 Å². The zero-order valence-corrected chi connectivity index (χ0v) is 20.5. The number of aryl methyl sites for hydroxylation is 2. The van der Waals surface area contributed by atoms with Gasteiger partial charge in [0.15, 0.2) is 0 Å². The van der Waals surface area contributed by atoms with Gasteiger partial charge >= 0.3 is 45.0 Å². The first-order chi connectivity index (χ1) is 16.0. The molecule has 36 heavy (non-hydrogen) atoms. The zero-order chi connectivity index (χ0) is 25.2. The second-order valence-corrected chi connectivity index (χ2v) is 8.09. The Bertz CT molecular complexity index is 1100. The molecule has 2 atom stereocenters. The van der Waals surface area contributed by atoms with Crippen molar-refractivity contribution < 1.29 is 73.3 Å². The average Bonchev–Trinajstić information content (AvgIpc) is 3.18. The Morgan fingerprint density at radius 2 is 1.31 bits per heavy atom. The van der Waals surface area contributed by atoms with Crippen LogP contribution in [0.2, 0.25) is 0 Å². The van der Waals surface area contributed by atoms with Crippen molar-refractivity contribution in [2.75, 3.05) is 6.61 Å². The maximum Gasteiger partial charge on any atom is 1.00 e. The molecule has 2 aromatic rings. The van der Waals surface area contributed by atoms with Crippen LogP contribution in [0.1, 0.15) is 54.2 Å². The van der Waals surface area contributed by atoms with E-state index in [1.807, 2.05) is 0 Å². The third-order valence-corrected chi connectivity index (χ3v) is 5.59. The second kappa shape index (κ2) is 13.2. The van der Waals surface area contributed by atoms with Crippen LogP contribution in [0, 0.1) is 13.8 Å². The number of carbonyl (C=O) groups is 2. The summed E-state index contributed by atoms with van der Waals surface area (Å²) in [5.41, 5.74) is 3.89. The molecule has 0 spiro atoms. The molecule has 14 heteroatoms. The maximum atomic E-state index is 11.5. The smallest absolute Gasteiger partial charge is 0.870 e. The maximum absolute atomic E-state index is 11.5. The minimum Gasteiger partial charge on any atom is -0.870 e. The van der Waals surface area contributed by atoms with Crippen molar-refractivity contribution in [1.29, 1.82) is 0 Å². The minimum absolute atomic E-state index is 0. The standard InChI is InChI=1S/C12H15BO5.C10H11BO5.Li.H2O/c1-3-17-11(15)6-10-12-7(2)4-8(14)5-9(12)13(16)18-10;1-5-2-6(12)3-7-10(5)8(4-9(13)14)16-11(7)15;;/h4-5,10,14,16H,3,6H2,1-2H3;2-3,8,12,15H,4H2,1H3,(H,13,14);;1H2/q;;+1;/p-1/t10-;8-;;/m11../s1. The van der Waals surface area contributed by atoms with Gasteiger partial charge in [0, 0.05) is 0 Å². The summed E-state index contributed by atoms with van der Waals surface area (Å²) in [7, 11) is -2.27. The predicted octanol–water partition coefficient (Wildman–Crippen LogP) is -2.83. The molecule has 0 saturated heterocycles. The number of carbonyl (C=O) groups excluding carboxylic acids is 1. The average molecular weight is 496 g/mol. The van der Waals surface area contributed by atoms with Crippen molar-refractivity contribution in [3.63, 3.8) is 0 Å². The zero-order valence-electron chi connectivity index (χ0n) is 20.5. The van der Waals surface area contributed by atoms with Crippen LogP contribution < -0.4 is 29.8 Å². The van der Waals surface area contributed by atoms with E-state index in [4.69, 9.17) is 19.2 Å². The van der Waals surface area contributed by atoms with Gasteiger partial charge < -0.3 is 44.9 Å². The number of aromatic hydroxyl groups is 2. The summed E-state index contributed by atoms with van der Waals surface area (Å²) in [6, 6.07) is 5.96. The van der Waals surface area contributed by atoms with Crippen LogP contribution >= 0.6 is 0 Å². The van der Waals surface area contributed by atoms with E-state index in [1.165, 1.54) is 18.2 Å². The van der Waals surface area contributed by atoms with Gasteiger partial charge in [0.05, 0.1) is 31.7 Å². The van der Waals surface area contributed by atoms with Gasteiger partial charge in [0.25, 0.3) is 0 Å². The summed E-state index contributed by atoms with van der Waals surface area (Å²) in [6.07, 6.45) is -1.31. The van der Waals surface area contributed by atoms with E-state index in [9.17, 15) is 29.9 Å². The van der Waals surface area contributed by atoms with Crippen LogP contribution in [0.15, 0.2) is 24.3 Å². The van der Waals surface area contributed by atoms with Gasteiger partial charge in [-0.05, 0) is 78.2 Å². The van der Waals surface area contributed by atoms with Gasteiger partial charge in [0.2, 0.25) is 0 Å². The molecular weight excluding hydrogens is 469 g/mol. The first-order valence-electron chi connectivity index (χ1n) is 10.7.